The molecule has 7 heteroatoms. The Labute approximate surface area is 184 Å². The highest BCUT2D eigenvalue weighted by molar-refractivity contribution is 7.89. The van der Waals surface area contributed by atoms with Crippen molar-refractivity contribution >= 4 is 15.9 Å². The van der Waals surface area contributed by atoms with Gasteiger partial charge in [0.2, 0.25) is 15.9 Å². The van der Waals surface area contributed by atoms with Crippen LogP contribution in [0.2, 0.25) is 0 Å². The standard InChI is InChI=1S/C24H30N2O4S/c1-18(2)16-24(27)25-14-12-20-21(13-15-25)30-22-10-6-7-11-23(22)31(28,29)26(20)17-19-8-4-3-5-9-19/h3-11,18,20-21H,12-17H2,1-2H3/t20-,21-/m1/s1. The summed E-state index contributed by atoms with van der Waals surface area (Å²) in [6.45, 7) is 5.46. The summed E-state index contributed by atoms with van der Waals surface area (Å²) in [5.74, 6) is 0.818. The molecule has 0 N–H and O–H groups in total. The van der Waals surface area contributed by atoms with Gasteiger partial charge in [-0.05, 0) is 30.0 Å². The molecule has 0 saturated carbocycles. The molecule has 31 heavy (non-hydrogen) atoms. The summed E-state index contributed by atoms with van der Waals surface area (Å²) in [5.41, 5.74) is 0.932. The molecule has 4 rings (SSSR count). The number of carbonyl (C=O) groups excluding carboxylic acids is 1. The van der Waals surface area contributed by atoms with Crippen LogP contribution in [0.5, 0.6) is 5.75 Å². The maximum atomic E-state index is 13.7. The van der Waals surface area contributed by atoms with E-state index in [0.29, 0.717) is 44.0 Å². The molecule has 1 amide bonds. The maximum Gasteiger partial charge on any atom is 0.247 e. The van der Waals surface area contributed by atoms with Gasteiger partial charge in [-0.1, -0.05) is 56.3 Å². The van der Waals surface area contributed by atoms with E-state index in [9.17, 15) is 13.2 Å². The molecule has 0 spiro atoms. The number of sulfonamides is 1. The van der Waals surface area contributed by atoms with Crippen LogP contribution in [0, 0.1) is 5.92 Å². The Hall–Kier alpha value is -2.38. The number of ether oxygens (including phenoxy) is 1. The first-order valence-corrected chi connectivity index (χ1v) is 12.4. The largest absolute Gasteiger partial charge is 0.487 e. The van der Waals surface area contributed by atoms with Crippen molar-refractivity contribution in [3.05, 3.63) is 60.2 Å². The van der Waals surface area contributed by atoms with Gasteiger partial charge in [0.05, 0.1) is 6.04 Å². The molecule has 2 aliphatic heterocycles. The van der Waals surface area contributed by atoms with E-state index >= 15 is 0 Å². The van der Waals surface area contributed by atoms with E-state index in [4.69, 9.17) is 4.74 Å². The summed E-state index contributed by atoms with van der Waals surface area (Å²) in [7, 11) is -3.76. The van der Waals surface area contributed by atoms with Crippen LogP contribution in [-0.4, -0.2) is 48.8 Å². The van der Waals surface area contributed by atoms with Gasteiger partial charge in [-0.15, -0.1) is 0 Å². The summed E-state index contributed by atoms with van der Waals surface area (Å²) >= 11 is 0. The zero-order valence-electron chi connectivity index (χ0n) is 18.1. The summed E-state index contributed by atoms with van der Waals surface area (Å²) in [6.07, 6.45) is 1.35. The Morgan fingerprint density at radius 2 is 1.71 bits per heavy atom. The van der Waals surface area contributed by atoms with E-state index in [1.54, 1.807) is 28.6 Å². The number of likely N-dealkylation sites (tertiary alicyclic amines) is 1. The summed E-state index contributed by atoms with van der Waals surface area (Å²) in [5, 5.41) is 0. The molecule has 2 aromatic rings. The van der Waals surface area contributed by atoms with Crippen LogP contribution in [0.1, 0.15) is 38.7 Å². The molecule has 0 aromatic heterocycles. The van der Waals surface area contributed by atoms with Gasteiger partial charge in [0.25, 0.3) is 0 Å². The van der Waals surface area contributed by atoms with E-state index in [1.165, 1.54) is 0 Å². The van der Waals surface area contributed by atoms with Crippen molar-refractivity contribution in [2.75, 3.05) is 13.1 Å². The number of benzene rings is 2. The average Bonchev–Trinajstić information content (AvgIpc) is 2.99. The minimum atomic E-state index is -3.76. The van der Waals surface area contributed by atoms with Crippen LogP contribution < -0.4 is 4.74 Å². The quantitative estimate of drug-likeness (QED) is 0.725. The molecule has 6 nitrogen and oxygen atoms in total. The van der Waals surface area contributed by atoms with Gasteiger partial charge < -0.3 is 9.64 Å². The monoisotopic (exact) mass is 442 g/mol. The Morgan fingerprint density at radius 1 is 1.03 bits per heavy atom. The van der Waals surface area contributed by atoms with Gasteiger partial charge >= 0.3 is 0 Å². The van der Waals surface area contributed by atoms with Crippen molar-refractivity contribution < 1.29 is 17.9 Å². The molecule has 1 fully saturated rings. The van der Waals surface area contributed by atoms with Crippen molar-refractivity contribution in [1.82, 2.24) is 9.21 Å². The SMILES string of the molecule is CC(C)CC(=O)N1CC[C@@H]2[C@@H](CC1)Oc1ccccc1S(=O)(=O)N2Cc1ccccc1. The fourth-order valence-electron chi connectivity index (χ4n) is 4.45. The van der Waals surface area contributed by atoms with Crippen LogP contribution >= 0.6 is 0 Å². The van der Waals surface area contributed by atoms with Crippen molar-refractivity contribution in [2.45, 2.75) is 56.7 Å². The fraction of sp³-hybridized carbons (Fsp3) is 0.458. The zero-order valence-corrected chi connectivity index (χ0v) is 18.9. The molecule has 0 unspecified atom stereocenters. The van der Waals surface area contributed by atoms with Crippen molar-refractivity contribution in [3.63, 3.8) is 0 Å². The first-order chi connectivity index (χ1) is 14.9. The Kier molecular flexibility index (Phi) is 6.34. The van der Waals surface area contributed by atoms with Crippen LogP contribution in [0.15, 0.2) is 59.5 Å². The molecule has 2 aromatic carbocycles. The lowest BCUT2D eigenvalue weighted by Gasteiger charge is -2.31. The minimum Gasteiger partial charge on any atom is -0.487 e. The van der Waals surface area contributed by atoms with Crippen LogP contribution in [0.4, 0.5) is 0 Å². The number of rotatable bonds is 4. The topological polar surface area (TPSA) is 66.9 Å². The lowest BCUT2D eigenvalue weighted by molar-refractivity contribution is -0.131. The number of para-hydroxylation sites is 1. The molecule has 0 aliphatic carbocycles. The minimum absolute atomic E-state index is 0.129. The lowest BCUT2D eigenvalue weighted by Crippen LogP contribution is -2.46. The summed E-state index contributed by atoms with van der Waals surface area (Å²) in [6, 6.07) is 16.2. The van der Waals surface area contributed by atoms with Crippen LogP contribution in [0.25, 0.3) is 0 Å². The Bertz CT molecular complexity index is 1020. The van der Waals surface area contributed by atoms with Gasteiger partial charge in [0.15, 0.2) is 0 Å². The molecule has 2 atom stereocenters. The van der Waals surface area contributed by atoms with Gasteiger partial charge in [-0.3, -0.25) is 4.79 Å². The normalized spacial score (nSPS) is 23.3. The number of carbonyl (C=O) groups is 1. The predicted molar refractivity (Wildman–Crippen MR) is 119 cm³/mol. The average molecular weight is 443 g/mol. The molecule has 1 saturated heterocycles. The van der Waals surface area contributed by atoms with E-state index in [-0.39, 0.29) is 29.5 Å². The maximum absolute atomic E-state index is 13.7. The molecule has 2 heterocycles. The Morgan fingerprint density at radius 3 is 2.45 bits per heavy atom. The van der Waals surface area contributed by atoms with Crippen molar-refractivity contribution in [3.8, 4) is 5.75 Å². The summed E-state index contributed by atoms with van der Waals surface area (Å²) < 4.78 is 35.3. The van der Waals surface area contributed by atoms with Crippen molar-refractivity contribution in [1.29, 1.82) is 0 Å². The number of fused-ring (bicyclic) bond motifs is 2. The third-order valence-corrected chi connectivity index (χ3v) is 7.92. The van der Waals surface area contributed by atoms with Crippen LogP contribution in [0.3, 0.4) is 0 Å². The highest BCUT2D eigenvalue weighted by Crippen LogP contribution is 2.37. The van der Waals surface area contributed by atoms with Gasteiger partial charge in [0, 0.05) is 32.5 Å². The third-order valence-electron chi connectivity index (χ3n) is 6.01. The molecular formula is C24H30N2O4S. The molecular weight excluding hydrogens is 412 g/mol. The second-order valence-corrected chi connectivity index (χ2v) is 10.6. The highest BCUT2D eigenvalue weighted by atomic mass is 32.2. The van der Waals surface area contributed by atoms with Crippen molar-refractivity contribution in [2.24, 2.45) is 5.92 Å². The lowest BCUT2D eigenvalue weighted by atomic mass is 10.1. The van der Waals surface area contributed by atoms with E-state index in [2.05, 4.69) is 0 Å². The van der Waals surface area contributed by atoms with Gasteiger partial charge in [-0.25, -0.2) is 8.42 Å². The number of hydrogen-bond acceptors (Lipinski definition) is 4. The molecule has 0 bridgehead atoms. The number of hydrogen-bond donors (Lipinski definition) is 0. The smallest absolute Gasteiger partial charge is 0.247 e. The van der Waals surface area contributed by atoms with Gasteiger partial charge in [0.1, 0.15) is 16.7 Å². The zero-order chi connectivity index (χ0) is 22.0. The second-order valence-electron chi connectivity index (χ2n) is 8.76. The predicted octanol–water partition coefficient (Wildman–Crippen LogP) is 3.68. The van der Waals surface area contributed by atoms with Crippen LogP contribution in [-0.2, 0) is 21.4 Å². The van der Waals surface area contributed by atoms with E-state index < -0.39 is 10.0 Å². The summed E-state index contributed by atoms with van der Waals surface area (Å²) in [4.78, 5) is 14.8. The second kappa shape index (κ2) is 9.01. The number of amides is 1. The highest BCUT2D eigenvalue weighted by Gasteiger charge is 2.43. The van der Waals surface area contributed by atoms with E-state index in [0.717, 1.165) is 5.56 Å². The van der Waals surface area contributed by atoms with E-state index in [1.807, 2.05) is 49.1 Å². The first kappa shape index (κ1) is 21.8. The Balaban J connectivity index is 1.70. The number of nitrogens with zero attached hydrogens (tertiary/aromatic N) is 2. The molecule has 2 aliphatic rings. The molecule has 0 radical (unpaired) electrons. The van der Waals surface area contributed by atoms with Gasteiger partial charge in [-0.2, -0.15) is 4.31 Å². The first-order valence-electron chi connectivity index (χ1n) is 11.0. The third kappa shape index (κ3) is 4.62. The fourth-order valence-corrected chi connectivity index (χ4v) is 6.24. The molecule has 166 valence electrons.